The highest BCUT2D eigenvalue weighted by atomic mass is 35.5. The normalized spacial score (nSPS) is 10.5. The average molecular weight is 180 g/mol. The first-order valence-corrected chi connectivity index (χ1v) is 3.70. The summed E-state index contributed by atoms with van der Waals surface area (Å²) >= 11 is 0. The van der Waals surface area contributed by atoms with E-state index in [-0.39, 0.29) is 18.3 Å². The molecule has 0 aliphatic rings. The van der Waals surface area contributed by atoms with Crippen LogP contribution < -0.4 is 5.73 Å². The number of amides is 1. The van der Waals surface area contributed by atoms with Gasteiger partial charge in [0.05, 0.1) is 0 Å². The summed E-state index contributed by atoms with van der Waals surface area (Å²) in [6, 6.07) is 0. The Kier molecular flexibility index (Phi) is 6.58. The minimum Gasteiger partial charge on any atom is -0.370 e. The van der Waals surface area contributed by atoms with Crippen LogP contribution in [-0.4, -0.2) is 5.91 Å². The number of hydrogen-bond acceptors (Lipinski definition) is 1. The Labute approximate surface area is 74.9 Å². The third-order valence-electron chi connectivity index (χ3n) is 1.35. The molecule has 0 saturated carbocycles. The molecule has 0 bridgehead atoms. The highest BCUT2D eigenvalue weighted by Crippen LogP contribution is 2.20. The number of rotatable bonds is 3. The first kappa shape index (κ1) is 13.4. The summed E-state index contributed by atoms with van der Waals surface area (Å²) in [7, 11) is 0. The Morgan fingerprint density at radius 2 is 1.82 bits per heavy atom. The monoisotopic (exact) mass is 179 g/mol. The summed E-state index contributed by atoms with van der Waals surface area (Å²) in [5.74, 6) is -0.191. The topological polar surface area (TPSA) is 43.1 Å². The van der Waals surface area contributed by atoms with Gasteiger partial charge in [-0.3, -0.25) is 4.79 Å². The molecule has 0 aromatic heterocycles. The van der Waals surface area contributed by atoms with E-state index in [2.05, 4.69) is 20.8 Å². The van der Waals surface area contributed by atoms with Crippen molar-refractivity contribution in [1.82, 2.24) is 0 Å². The number of hydrogen-bond donors (Lipinski definition) is 1. The molecule has 3 heteroatoms. The van der Waals surface area contributed by atoms with Crippen LogP contribution in [-0.2, 0) is 4.79 Å². The minimum atomic E-state index is -0.191. The van der Waals surface area contributed by atoms with Gasteiger partial charge in [0.15, 0.2) is 0 Å². The molecule has 2 N–H and O–H groups in total. The zero-order valence-corrected chi connectivity index (χ0v) is 8.33. The van der Waals surface area contributed by atoms with Crippen LogP contribution in [0.4, 0.5) is 0 Å². The van der Waals surface area contributed by atoms with Crippen molar-refractivity contribution in [2.75, 3.05) is 0 Å². The van der Waals surface area contributed by atoms with Gasteiger partial charge in [-0.25, -0.2) is 0 Å². The lowest BCUT2D eigenvalue weighted by Crippen LogP contribution is -2.12. The van der Waals surface area contributed by atoms with Gasteiger partial charge in [-0.15, -0.1) is 12.4 Å². The molecular formula is C8H18ClNO. The fourth-order valence-corrected chi connectivity index (χ4v) is 0.793. The largest absolute Gasteiger partial charge is 0.370 e. The van der Waals surface area contributed by atoms with Gasteiger partial charge in [0.1, 0.15) is 0 Å². The maximum atomic E-state index is 10.3. The molecule has 0 atom stereocenters. The van der Waals surface area contributed by atoms with Crippen molar-refractivity contribution in [3.63, 3.8) is 0 Å². The molecule has 0 fully saturated rings. The predicted molar refractivity (Wildman–Crippen MR) is 49.7 cm³/mol. The van der Waals surface area contributed by atoms with E-state index in [4.69, 9.17) is 5.73 Å². The number of carbonyl (C=O) groups excluding carboxylic acids is 1. The molecule has 0 unspecified atom stereocenters. The van der Waals surface area contributed by atoms with E-state index < -0.39 is 0 Å². The SMILES string of the molecule is CC(C)(C)CCCC(N)=O.Cl. The van der Waals surface area contributed by atoms with Gasteiger partial charge < -0.3 is 5.73 Å². The lowest BCUT2D eigenvalue weighted by atomic mass is 9.90. The van der Waals surface area contributed by atoms with E-state index in [1.807, 2.05) is 0 Å². The van der Waals surface area contributed by atoms with Gasteiger partial charge in [-0.05, 0) is 18.3 Å². The van der Waals surface area contributed by atoms with Crippen molar-refractivity contribution >= 4 is 18.3 Å². The summed E-state index contributed by atoms with van der Waals surface area (Å²) < 4.78 is 0. The molecule has 0 radical (unpaired) electrons. The Morgan fingerprint density at radius 3 is 2.09 bits per heavy atom. The standard InChI is InChI=1S/C8H17NO.ClH/c1-8(2,3)6-4-5-7(9)10;/h4-6H2,1-3H3,(H2,9,10);1H. The van der Waals surface area contributed by atoms with Crippen LogP contribution in [0, 0.1) is 5.41 Å². The minimum absolute atomic E-state index is 0. The van der Waals surface area contributed by atoms with Crippen LogP contribution in [0.5, 0.6) is 0 Å². The van der Waals surface area contributed by atoms with Gasteiger partial charge in [0.2, 0.25) is 5.91 Å². The maximum absolute atomic E-state index is 10.3. The summed E-state index contributed by atoms with van der Waals surface area (Å²) in [4.78, 5) is 10.3. The van der Waals surface area contributed by atoms with Gasteiger partial charge in [-0.2, -0.15) is 0 Å². The number of primary amides is 1. The molecule has 0 aromatic rings. The third kappa shape index (κ3) is 12.9. The molecule has 0 aromatic carbocycles. The van der Waals surface area contributed by atoms with Crippen LogP contribution in [0.3, 0.4) is 0 Å². The third-order valence-corrected chi connectivity index (χ3v) is 1.35. The second-order valence-electron chi connectivity index (χ2n) is 3.88. The van der Waals surface area contributed by atoms with Crippen molar-refractivity contribution in [2.24, 2.45) is 11.1 Å². The Balaban J connectivity index is 0. The molecule has 0 aliphatic carbocycles. The molecule has 0 aliphatic heterocycles. The van der Waals surface area contributed by atoms with Crippen molar-refractivity contribution in [3.05, 3.63) is 0 Å². The zero-order chi connectivity index (χ0) is 8.20. The van der Waals surface area contributed by atoms with Crippen LogP contribution in [0.15, 0.2) is 0 Å². The van der Waals surface area contributed by atoms with Gasteiger partial charge in [0.25, 0.3) is 0 Å². The lowest BCUT2D eigenvalue weighted by molar-refractivity contribution is -0.118. The van der Waals surface area contributed by atoms with Gasteiger partial charge in [0, 0.05) is 6.42 Å². The molecule has 11 heavy (non-hydrogen) atoms. The van der Waals surface area contributed by atoms with Crippen LogP contribution in [0.1, 0.15) is 40.0 Å². The van der Waals surface area contributed by atoms with Crippen LogP contribution in [0.25, 0.3) is 0 Å². The number of halogens is 1. The fourth-order valence-electron chi connectivity index (χ4n) is 0.793. The highest BCUT2D eigenvalue weighted by Gasteiger charge is 2.09. The molecule has 0 saturated heterocycles. The Morgan fingerprint density at radius 1 is 1.36 bits per heavy atom. The van der Waals surface area contributed by atoms with E-state index >= 15 is 0 Å². The van der Waals surface area contributed by atoms with E-state index in [0.717, 1.165) is 12.8 Å². The summed E-state index contributed by atoms with van der Waals surface area (Å²) in [6.07, 6.45) is 2.51. The first-order valence-electron chi connectivity index (χ1n) is 3.70. The number of nitrogens with two attached hydrogens (primary N) is 1. The smallest absolute Gasteiger partial charge is 0.217 e. The summed E-state index contributed by atoms with van der Waals surface area (Å²) in [5.41, 5.74) is 5.31. The van der Waals surface area contributed by atoms with Gasteiger partial charge >= 0.3 is 0 Å². The maximum Gasteiger partial charge on any atom is 0.217 e. The average Bonchev–Trinajstić information content (AvgIpc) is 1.59. The molecule has 0 heterocycles. The summed E-state index contributed by atoms with van der Waals surface area (Å²) in [6.45, 7) is 6.48. The lowest BCUT2D eigenvalue weighted by Gasteiger charge is -2.16. The van der Waals surface area contributed by atoms with E-state index in [1.54, 1.807) is 0 Å². The first-order chi connectivity index (χ1) is 4.42. The van der Waals surface area contributed by atoms with Crippen molar-refractivity contribution in [2.45, 2.75) is 40.0 Å². The van der Waals surface area contributed by atoms with Crippen LogP contribution in [0.2, 0.25) is 0 Å². The zero-order valence-electron chi connectivity index (χ0n) is 7.52. The van der Waals surface area contributed by atoms with Crippen LogP contribution >= 0.6 is 12.4 Å². The molecular weight excluding hydrogens is 162 g/mol. The quantitative estimate of drug-likeness (QED) is 0.709. The molecule has 68 valence electrons. The Hall–Kier alpha value is -0.240. The van der Waals surface area contributed by atoms with E-state index in [1.165, 1.54) is 0 Å². The van der Waals surface area contributed by atoms with E-state index in [0.29, 0.717) is 11.8 Å². The van der Waals surface area contributed by atoms with Crippen molar-refractivity contribution in [3.8, 4) is 0 Å². The molecule has 2 nitrogen and oxygen atoms in total. The van der Waals surface area contributed by atoms with Crippen molar-refractivity contribution < 1.29 is 4.79 Å². The predicted octanol–water partition coefficient (Wildman–Crippen LogP) is 2.11. The highest BCUT2D eigenvalue weighted by molar-refractivity contribution is 5.85. The summed E-state index contributed by atoms with van der Waals surface area (Å²) in [5, 5.41) is 0. The Bertz CT molecular complexity index is 118. The fraction of sp³-hybridized carbons (Fsp3) is 0.875. The van der Waals surface area contributed by atoms with Gasteiger partial charge in [-0.1, -0.05) is 20.8 Å². The number of carbonyl (C=O) groups is 1. The second-order valence-corrected chi connectivity index (χ2v) is 3.88. The molecule has 0 rings (SSSR count). The van der Waals surface area contributed by atoms with Crippen molar-refractivity contribution in [1.29, 1.82) is 0 Å². The second kappa shape index (κ2) is 5.42. The molecule has 0 spiro atoms. The molecule has 1 amide bonds. The van der Waals surface area contributed by atoms with E-state index in [9.17, 15) is 4.79 Å².